The average Bonchev–Trinajstić information content (AvgIpc) is 3.15. The Kier molecular flexibility index (Phi) is 5.73. The predicted octanol–water partition coefficient (Wildman–Crippen LogP) is 3.64. The summed E-state index contributed by atoms with van der Waals surface area (Å²) in [5.74, 6) is 0.903. The Morgan fingerprint density at radius 3 is 2.73 bits per heavy atom. The zero-order chi connectivity index (χ0) is 18.4. The van der Waals surface area contributed by atoms with Gasteiger partial charge in [-0.25, -0.2) is 0 Å². The lowest BCUT2D eigenvalue weighted by Gasteiger charge is -2.17. The fourth-order valence-corrected chi connectivity index (χ4v) is 2.68. The molecule has 26 heavy (non-hydrogen) atoms. The average molecular weight is 350 g/mol. The van der Waals surface area contributed by atoms with Gasteiger partial charge in [0.25, 0.3) is 0 Å². The van der Waals surface area contributed by atoms with Crippen LogP contribution in [0.3, 0.4) is 0 Å². The van der Waals surface area contributed by atoms with Crippen molar-refractivity contribution in [2.75, 3.05) is 0 Å². The number of nitrogens with one attached hydrogen (secondary N) is 1. The first-order chi connectivity index (χ1) is 12.7. The maximum atomic E-state index is 12.3. The second-order valence-corrected chi connectivity index (χ2v) is 6.19. The summed E-state index contributed by atoms with van der Waals surface area (Å²) in [4.78, 5) is 20.6. The number of hydrogen-bond donors (Lipinski definition) is 1. The Morgan fingerprint density at radius 1 is 1.23 bits per heavy atom. The van der Waals surface area contributed by atoms with E-state index in [1.54, 1.807) is 12.4 Å². The molecule has 0 aliphatic rings. The number of carbonyl (C=O) groups excluding carboxylic acids is 1. The highest BCUT2D eigenvalue weighted by Crippen LogP contribution is 2.18. The first kappa shape index (κ1) is 17.8. The van der Waals surface area contributed by atoms with E-state index in [0.29, 0.717) is 24.6 Å². The van der Waals surface area contributed by atoms with Crippen LogP contribution in [0.25, 0.3) is 11.4 Å². The molecule has 1 aromatic carbocycles. The number of pyridine rings is 1. The molecule has 0 saturated carbocycles. The molecule has 0 spiro atoms. The van der Waals surface area contributed by atoms with Gasteiger partial charge in [-0.2, -0.15) is 4.98 Å². The van der Waals surface area contributed by atoms with Crippen LogP contribution in [-0.4, -0.2) is 21.0 Å². The van der Waals surface area contributed by atoms with Crippen molar-refractivity contribution in [3.8, 4) is 11.4 Å². The van der Waals surface area contributed by atoms with E-state index in [1.165, 1.54) is 5.56 Å². The molecule has 0 aliphatic heterocycles. The molecule has 0 aliphatic carbocycles. The molecular formula is C20H22N4O2. The van der Waals surface area contributed by atoms with Crippen LogP contribution in [0.4, 0.5) is 0 Å². The molecule has 0 saturated heterocycles. The van der Waals surface area contributed by atoms with E-state index in [-0.39, 0.29) is 11.9 Å². The van der Waals surface area contributed by atoms with Crippen LogP contribution in [0, 0.1) is 6.92 Å². The number of aromatic nitrogens is 3. The van der Waals surface area contributed by atoms with Crippen LogP contribution in [0.2, 0.25) is 0 Å². The van der Waals surface area contributed by atoms with Gasteiger partial charge >= 0.3 is 0 Å². The fourth-order valence-electron chi connectivity index (χ4n) is 2.68. The fraction of sp³-hybridized carbons (Fsp3) is 0.300. The zero-order valence-corrected chi connectivity index (χ0v) is 15.0. The summed E-state index contributed by atoms with van der Waals surface area (Å²) in [6, 6.07) is 11.9. The summed E-state index contributed by atoms with van der Waals surface area (Å²) in [5, 5.41) is 7.01. The van der Waals surface area contributed by atoms with Gasteiger partial charge in [-0.15, -0.1) is 0 Å². The van der Waals surface area contributed by atoms with Crippen LogP contribution < -0.4 is 5.32 Å². The molecule has 1 N–H and O–H groups in total. The van der Waals surface area contributed by atoms with E-state index >= 15 is 0 Å². The lowest BCUT2D eigenvalue weighted by Crippen LogP contribution is -2.28. The first-order valence-electron chi connectivity index (χ1n) is 8.74. The molecule has 6 heteroatoms. The molecule has 134 valence electrons. The number of carbonyl (C=O) groups is 1. The molecular weight excluding hydrogens is 328 g/mol. The highest BCUT2D eigenvalue weighted by molar-refractivity contribution is 5.76. The van der Waals surface area contributed by atoms with Gasteiger partial charge < -0.3 is 9.84 Å². The normalized spacial score (nSPS) is 11.9. The van der Waals surface area contributed by atoms with Crippen LogP contribution in [0.15, 0.2) is 53.3 Å². The second-order valence-electron chi connectivity index (χ2n) is 6.19. The van der Waals surface area contributed by atoms with Crippen LogP contribution in [0.5, 0.6) is 0 Å². The first-order valence-corrected chi connectivity index (χ1v) is 8.74. The predicted molar refractivity (Wildman–Crippen MR) is 98.2 cm³/mol. The van der Waals surface area contributed by atoms with Crippen LogP contribution in [-0.2, 0) is 11.2 Å². The number of nitrogens with zero attached hydrogens (tertiary/aromatic N) is 3. The van der Waals surface area contributed by atoms with Crippen molar-refractivity contribution in [2.45, 2.75) is 39.2 Å². The summed E-state index contributed by atoms with van der Waals surface area (Å²) in [7, 11) is 0. The third-order valence-corrected chi connectivity index (χ3v) is 4.18. The quantitative estimate of drug-likeness (QED) is 0.703. The Bertz CT molecular complexity index is 844. The lowest BCUT2D eigenvalue weighted by molar-refractivity contribution is -0.121. The number of hydrogen-bond acceptors (Lipinski definition) is 5. The Balaban J connectivity index is 1.55. The minimum atomic E-state index is -0.0291. The van der Waals surface area contributed by atoms with Gasteiger partial charge in [-0.1, -0.05) is 41.9 Å². The summed E-state index contributed by atoms with van der Waals surface area (Å²) in [5.41, 5.74) is 3.11. The smallest absolute Gasteiger partial charge is 0.227 e. The molecule has 0 radical (unpaired) electrons. The summed E-state index contributed by atoms with van der Waals surface area (Å²) >= 11 is 0. The summed E-state index contributed by atoms with van der Waals surface area (Å²) < 4.78 is 5.23. The monoisotopic (exact) mass is 350 g/mol. The van der Waals surface area contributed by atoms with Crippen molar-refractivity contribution in [1.82, 2.24) is 20.4 Å². The molecule has 0 unspecified atom stereocenters. The van der Waals surface area contributed by atoms with Crippen molar-refractivity contribution < 1.29 is 9.32 Å². The van der Waals surface area contributed by atoms with Crippen molar-refractivity contribution in [3.05, 3.63) is 65.8 Å². The Morgan fingerprint density at radius 2 is 2.04 bits per heavy atom. The van der Waals surface area contributed by atoms with Crippen molar-refractivity contribution in [1.29, 1.82) is 0 Å². The number of benzene rings is 1. The van der Waals surface area contributed by atoms with Crippen LogP contribution >= 0.6 is 0 Å². The van der Waals surface area contributed by atoms with Gasteiger partial charge in [0, 0.05) is 30.8 Å². The van der Waals surface area contributed by atoms with Gasteiger partial charge in [0.1, 0.15) is 0 Å². The number of amides is 1. The van der Waals surface area contributed by atoms with E-state index in [0.717, 1.165) is 17.5 Å². The van der Waals surface area contributed by atoms with Gasteiger partial charge in [0.15, 0.2) is 0 Å². The highest BCUT2D eigenvalue weighted by atomic mass is 16.5. The highest BCUT2D eigenvalue weighted by Gasteiger charge is 2.14. The van der Waals surface area contributed by atoms with Gasteiger partial charge in [0.2, 0.25) is 17.6 Å². The maximum absolute atomic E-state index is 12.3. The zero-order valence-electron chi connectivity index (χ0n) is 15.0. The molecule has 1 atom stereocenters. The second kappa shape index (κ2) is 8.38. The van der Waals surface area contributed by atoms with Gasteiger partial charge in [-0.3, -0.25) is 9.78 Å². The SMILES string of the molecule is CC[C@H](NC(=O)CCc1nc(-c2cccnc2)no1)c1ccc(C)cc1. The van der Waals surface area contributed by atoms with E-state index in [1.807, 2.05) is 19.1 Å². The molecule has 6 nitrogen and oxygen atoms in total. The topological polar surface area (TPSA) is 80.9 Å². The molecule has 3 rings (SSSR count). The Hall–Kier alpha value is -3.02. The molecule has 3 aromatic rings. The molecule has 2 aromatic heterocycles. The molecule has 0 fully saturated rings. The van der Waals surface area contributed by atoms with Crippen molar-refractivity contribution >= 4 is 5.91 Å². The van der Waals surface area contributed by atoms with Gasteiger partial charge in [0.05, 0.1) is 6.04 Å². The van der Waals surface area contributed by atoms with E-state index < -0.39 is 0 Å². The minimum Gasteiger partial charge on any atom is -0.349 e. The maximum Gasteiger partial charge on any atom is 0.227 e. The number of rotatable bonds is 7. The lowest BCUT2D eigenvalue weighted by atomic mass is 10.0. The van der Waals surface area contributed by atoms with E-state index in [2.05, 4.69) is 51.6 Å². The van der Waals surface area contributed by atoms with Crippen molar-refractivity contribution in [2.24, 2.45) is 0 Å². The number of aryl methyl sites for hydroxylation is 2. The molecule has 1 amide bonds. The van der Waals surface area contributed by atoms with Crippen molar-refractivity contribution in [3.63, 3.8) is 0 Å². The Labute approximate surface area is 152 Å². The summed E-state index contributed by atoms with van der Waals surface area (Å²) in [6.07, 6.45) is 4.91. The molecule has 2 heterocycles. The summed E-state index contributed by atoms with van der Waals surface area (Å²) in [6.45, 7) is 4.11. The molecule has 0 bridgehead atoms. The third kappa shape index (κ3) is 4.53. The van der Waals surface area contributed by atoms with E-state index in [9.17, 15) is 4.79 Å². The van der Waals surface area contributed by atoms with E-state index in [4.69, 9.17) is 4.52 Å². The van der Waals surface area contributed by atoms with Gasteiger partial charge in [-0.05, 0) is 31.0 Å². The largest absolute Gasteiger partial charge is 0.349 e. The van der Waals surface area contributed by atoms with Crippen LogP contribution in [0.1, 0.15) is 42.8 Å². The third-order valence-electron chi connectivity index (χ3n) is 4.18. The standard InChI is InChI=1S/C20H22N4O2/c1-3-17(15-8-6-14(2)7-9-15)22-18(25)10-11-19-23-20(24-26-19)16-5-4-12-21-13-16/h4-9,12-13,17H,3,10-11H2,1-2H3,(H,22,25)/t17-/m0/s1. The minimum absolute atomic E-state index is 0.0109.